The van der Waals surface area contributed by atoms with Crippen molar-refractivity contribution in [2.24, 2.45) is 0 Å². The minimum atomic E-state index is -3.00. The number of hydrogen-bond donors (Lipinski definition) is 1. The van der Waals surface area contributed by atoms with Crippen molar-refractivity contribution in [1.82, 2.24) is 9.78 Å². The lowest BCUT2D eigenvalue weighted by molar-refractivity contribution is 0.279. The summed E-state index contributed by atoms with van der Waals surface area (Å²) >= 11 is 0. The van der Waals surface area contributed by atoms with Crippen LogP contribution in [0.4, 0.5) is 0 Å². The summed E-state index contributed by atoms with van der Waals surface area (Å²) in [7, 11) is -3.00. The van der Waals surface area contributed by atoms with Crippen molar-refractivity contribution < 1.29 is 13.5 Å². The molecule has 0 radical (unpaired) electrons. The standard InChI is InChI=1S/C13H24N2O3S/c1-4-8-19(17,18)9-7-15-13(6-3)11(10-16)12(5-2)14-15/h16H,4-10H2,1-3H3. The molecule has 0 aromatic carbocycles. The fraction of sp³-hybridized carbons (Fsp3) is 0.769. The van der Waals surface area contributed by atoms with Gasteiger partial charge in [-0.15, -0.1) is 0 Å². The van der Waals surface area contributed by atoms with Crippen molar-refractivity contribution in [3.8, 4) is 0 Å². The van der Waals surface area contributed by atoms with Gasteiger partial charge in [0, 0.05) is 17.0 Å². The lowest BCUT2D eigenvalue weighted by atomic mass is 10.1. The van der Waals surface area contributed by atoms with E-state index in [0.717, 1.165) is 29.8 Å². The maximum Gasteiger partial charge on any atom is 0.152 e. The van der Waals surface area contributed by atoms with Crippen LogP contribution in [0.25, 0.3) is 0 Å². The highest BCUT2D eigenvalue weighted by Crippen LogP contribution is 2.16. The van der Waals surface area contributed by atoms with Gasteiger partial charge in [0.15, 0.2) is 9.84 Å². The lowest BCUT2D eigenvalue weighted by Crippen LogP contribution is -2.18. The summed E-state index contributed by atoms with van der Waals surface area (Å²) < 4.78 is 25.2. The van der Waals surface area contributed by atoms with E-state index in [1.165, 1.54) is 0 Å². The van der Waals surface area contributed by atoms with E-state index in [-0.39, 0.29) is 18.1 Å². The molecule has 0 amide bonds. The second-order valence-corrected chi connectivity index (χ2v) is 6.92. The van der Waals surface area contributed by atoms with Crippen LogP contribution >= 0.6 is 0 Å². The maximum absolute atomic E-state index is 11.7. The number of hydrogen-bond acceptors (Lipinski definition) is 4. The number of sulfone groups is 1. The predicted octanol–water partition coefficient (Wildman–Crippen LogP) is 1.32. The molecule has 0 saturated carbocycles. The molecule has 1 aromatic rings. The highest BCUT2D eigenvalue weighted by atomic mass is 32.2. The Bertz CT molecular complexity index is 506. The first-order chi connectivity index (χ1) is 8.99. The summed E-state index contributed by atoms with van der Waals surface area (Å²) in [5.41, 5.74) is 2.68. The van der Waals surface area contributed by atoms with Gasteiger partial charge >= 0.3 is 0 Å². The van der Waals surface area contributed by atoms with Gasteiger partial charge in [0.05, 0.1) is 24.6 Å². The lowest BCUT2D eigenvalue weighted by Gasteiger charge is -2.07. The van der Waals surface area contributed by atoms with Gasteiger partial charge in [-0.2, -0.15) is 5.10 Å². The predicted molar refractivity (Wildman–Crippen MR) is 75.9 cm³/mol. The molecule has 0 fully saturated rings. The monoisotopic (exact) mass is 288 g/mol. The highest BCUT2D eigenvalue weighted by molar-refractivity contribution is 7.91. The van der Waals surface area contributed by atoms with Crippen molar-refractivity contribution in [2.75, 3.05) is 11.5 Å². The van der Waals surface area contributed by atoms with Gasteiger partial charge < -0.3 is 5.11 Å². The van der Waals surface area contributed by atoms with E-state index in [1.807, 2.05) is 20.8 Å². The normalized spacial score (nSPS) is 12.0. The molecule has 6 heteroatoms. The second-order valence-electron chi connectivity index (χ2n) is 4.61. The van der Waals surface area contributed by atoms with Crippen LogP contribution in [-0.4, -0.2) is 34.8 Å². The SMILES string of the molecule is CCCS(=O)(=O)CCn1nc(CC)c(CO)c1CC. The zero-order valence-electron chi connectivity index (χ0n) is 12.0. The average molecular weight is 288 g/mol. The summed E-state index contributed by atoms with van der Waals surface area (Å²) in [6, 6.07) is 0. The number of nitrogens with zero attached hydrogens (tertiary/aromatic N) is 2. The third-order valence-electron chi connectivity index (χ3n) is 3.21. The number of rotatable bonds is 8. The molecule has 19 heavy (non-hydrogen) atoms. The fourth-order valence-electron chi connectivity index (χ4n) is 2.27. The second kappa shape index (κ2) is 7.05. The smallest absolute Gasteiger partial charge is 0.152 e. The van der Waals surface area contributed by atoms with Gasteiger partial charge in [0.1, 0.15) is 0 Å². The van der Waals surface area contributed by atoms with Crippen molar-refractivity contribution in [1.29, 1.82) is 0 Å². The van der Waals surface area contributed by atoms with Gasteiger partial charge in [-0.1, -0.05) is 20.8 Å². The van der Waals surface area contributed by atoms with Crippen LogP contribution in [0.5, 0.6) is 0 Å². The van der Waals surface area contributed by atoms with Crippen LogP contribution in [0.3, 0.4) is 0 Å². The van der Waals surface area contributed by atoms with Crippen LogP contribution in [0.2, 0.25) is 0 Å². The highest BCUT2D eigenvalue weighted by Gasteiger charge is 2.16. The molecular formula is C13H24N2O3S. The number of aryl methyl sites for hydroxylation is 2. The quantitative estimate of drug-likeness (QED) is 0.783. The summed E-state index contributed by atoms with van der Waals surface area (Å²) in [6.07, 6.45) is 2.14. The summed E-state index contributed by atoms with van der Waals surface area (Å²) in [6.45, 7) is 6.18. The minimum Gasteiger partial charge on any atom is -0.392 e. The Morgan fingerprint density at radius 2 is 1.84 bits per heavy atom. The Balaban J connectivity index is 2.92. The molecule has 0 bridgehead atoms. The van der Waals surface area contributed by atoms with E-state index >= 15 is 0 Å². The molecule has 110 valence electrons. The molecule has 0 aliphatic rings. The third kappa shape index (κ3) is 4.04. The molecule has 5 nitrogen and oxygen atoms in total. The van der Waals surface area contributed by atoms with Crippen LogP contribution in [0, 0.1) is 0 Å². The van der Waals surface area contributed by atoms with Crippen molar-refractivity contribution in [3.05, 3.63) is 17.0 Å². The zero-order chi connectivity index (χ0) is 14.5. The molecule has 0 aliphatic carbocycles. The van der Waals surface area contributed by atoms with Crippen LogP contribution < -0.4 is 0 Å². The fourth-order valence-corrected chi connectivity index (χ4v) is 3.55. The first-order valence-corrected chi connectivity index (χ1v) is 8.69. The minimum absolute atomic E-state index is 0.0337. The van der Waals surface area contributed by atoms with Crippen molar-refractivity contribution in [3.63, 3.8) is 0 Å². The van der Waals surface area contributed by atoms with Crippen LogP contribution in [0.1, 0.15) is 44.1 Å². The molecule has 0 saturated heterocycles. The Kier molecular flexibility index (Phi) is 6.00. The largest absolute Gasteiger partial charge is 0.392 e. The van der Waals surface area contributed by atoms with E-state index in [2.05, 4.69) is 5.10 Å². The van der Waals surface area contributed by atoms with Gasteiger partial charge in [-0.3, -0.25) is 4.68 Å². The molecular weight excluding hydrogens is 264 g/mol. The molecule has 1 rings (SSSR count). The average Bonchev–Trinajstić information content (AvgIpc) is 2.73. The molecule has 1 aromatic heterocycles. The van der Waals surface area contributed by atoms with Gasteiger partial charge in [0.25, 0.3) is 0 Å². The number of aromatic nitrogens is 2. The third-order valence-corrected chi connectivity index (χ3v) is 5.04. The van der Waals surface area contributed by atoms with Gasteiger partial charge in [-0.25, -0.2) is 8.42 Å². The Labute approximate surface area is 115 Å². The van der Waals surface area contributed by atoms with E-state index in [0.29, 0.717) is 13.0 Å². The van der Waals surface area contributed by atoms with E-state index in [1.54, 1.807) is 4.68 Å². The van der Waals surface area contributed by atoms with Crippen LogP contribution in [0.15, 0.2) is 0 Å². The van der Waals surface area contributed by atoms with E-state index < -0.39 is 9.84 Å². The maximum atomic E-state index is 11.7. The first-order valence-electron chi connectivity index (χ1n) is 6.87. The number of aliphatic hydroxyl groups excluding tert-OH is 1. The van der Waals surface area contributed by atoms with E-state index in [9.17, 15) is 13.5 Å². The molecule has 1 N–H and O–H groups in total. The Morgan fingerprint density at radius 3 is 2.32 bits per heavy atom. The Hall–Kier alpha value is -0.880. The summed E-state index contributed by atoms with van der Waals surface area (Å²) in [4.78, 5) is 0. The topological polar surface area (TPSA) is 72.2 Å². The van der Waals surface area contributed by atoms with Gasteiger partial charge in [-0.05, 0) is 19.3 Å². The molecule has 1 heterocycles. The summed E-state index contributed by atoms with van der Waals surface area (Å²) in [5.74, 6) is 0.340. The van der Waals surface area contributed by atoms with Crippen molar-refractivity contribution >= 4 is 9.84 Å². The van der Waals surface area contributed by atoms with Crippen LogP contribution in [-0.2, 0) is 35.8 Å². The first kappa shape index (κ1) is 16.2. The molecule has 0 spiro atoms. The zero-order valence-corrected chi connectivity index (χ0v) is 12.8. The van der Waals surface area contributed by atoms with Gasteiger partial charge in [0.2, 0.25) is 0 Å². The van der Waals surface area contributed by atoms with E-state index in [4.69, 9.17) is 0 Å². The molecule has 0 aliphatic heterocycles. The van der Waals surface area contributed by atoms with Crippen molar-refractivity contribution in [2.45, 2.75) is 53.2 Å². The number of aliphatic hydroxyl groups is 1. The molecule has 0 unspecified atom stereocenters. The molecule has 0 atom stereocenters. The summed E-state index contributed by atoms with van der Waals surface area (Å²) in [5, 5.41) is 13.8. The Morgan fingerprint density at radius 1 is 1.16 bits per heavy atom.